The van der Waals surface area contributed by atoms with E-state index in [1.807, 2.05) is 0 Å². The monoisotopic (exact) mass is 169 g/mol. The Labute approximate surface area is 74.6 Å². The van der Waals surface area contributed by atoms with Gasteiger partial charge in [0, 0.05) is 13.1 Å². The van der Waals surface area contributed by atoms with Crippen molar-refractivity contribution in [3.63, 3.8) is 0 Å². The predicted molar refractivity (Wildman–Crippen MR) is 49.0 cm³/mol. The summed E-state index contributed by atoms with van der Waals surface area (Å²) in [5.74, 6) is 1.52. The van der Waals surface area contributed by atoms with Crippen LogP contribution in [0.2, 0.25) is 0 Å². The molecule has 0 amide bonds. The highest BCUT2D eigenvalue weighted by Crippen LogP contribution is 2.31. The number of hydrogen-bond acceptors (Lipinski definition) is 2. The van der Waals surface area contributed by atoms with Gasteiger partial charge in [0.1, 0.15) is 0 Å². The minimum Gasteiger partial charge on any atom is -0.393 e. The molecule has 1 aliphatic heterocycles. The molecule has 0 aromatic rings. The Kier molecular flexibility index (Phi) is 2.37. The van der Waals surface area contributed by atoms with Crippen LogP contribution in [0.3, 0.4) is 0 Å². The molecular formula is C10H19NO. The molecule has 12 heavy (non-hydrogen) atoms. The summed E-state index contributed by atoms with van der Waals surface area (Å²) in [6, 6.07) is 0. The van der Waals surface area contributed by atoms with Crippen molar-refractivity contribution in [2.24, 2.45) is 11.8 Å². The van der Waals surface area contributed by atoms with Crippen molar-refractivity contribution < 1.29 is 5.11 Å². The second-order valence-corrected chi connectivity index (χ2v) is 4.66. The van der Waals surface area contributed by atoms with Gasteiger partial charge in [0.05, 0.1) is 6.10 Å². The third-order valence-corrected chi connectivity index (χ3v) is 3.33. The van der Waals surface area contributed by atoms with Crippen molar-refractivity contribution in [3.8, 4) is 0 Å². The molecule has 0 spiro atoms. The van der Waals surface area contributed by atoms with Crippen molar-refractivity contribution in [1.82, 2.24) is 4.90 Å². The molecule has 1 saturated heterocycles. The maximum atomic E-state index is 9.66. The number of rotatable bonds is 0. The van der Waals surface area contributed by atoms with E-state index >= 15 is 0 Å². The van der Waals surface area contributed by atoms with E-state index in [4.69, 9.17) is 0 Å². The van der Waals surface area contributed by atoms with Crippen LogP contribution in [0.15, 0.2) is 0 Å². The zero-order valence-electron chi connectivity index (χ0n) is 7.87. The van der Waals surface area contributed by atoms with E-state index in [0.29, 0.717) is 0 Å². The Balaban J connectivity index is 2.07. The fourth-order valence-corrected chi connectivity index (χ4v) is 2.86. The first kappa shape index (κ1) is 8.52. The number of fused-ring (bicyclic) bond motifs is 3. The first-order chi connectivity index (χ1) is 5.74. The fraction of sp³-hybridized carbons (Fsp3) is 1.00. The number of likely N-dealkylation sites (tertiary alicyclic amines) is 1. The van der Waals surface area contributed by atoms with Crippen LogP contribution >= 0.6 is 0 Å². The summed E-state index contributed by atoms with van der Waals surface area (Å²) in [4.78, 5) is 2.44. The van der Waals surface area contributed by atoms with Crippen LogP contribution < -0.4 is 0 Å². The van der Waals surface area contributed by atoms with Gasteiger partial charge in [-0.3, -0.25) is 0 Å². The van der Waals surface area contributed by atoms with Crippen LogP contribution in [0.1, 0.15) is 25.7 Å². The van der Waals surface area contributed by atoms with Gasteiger partial charge in [-0.1, -0.05) is 0 Å². The predicted octanol–water partition coefficient (Wildman–Crippen LogP) is 1.10. The summed E-state index contributed by atoms with van der Waals surface area (Å²) in [5, 5.41) is 9.66. The Morgan fingerprint density at radius 2 is 1.58 bits per heavy atom. The van der Waals surface area contributed by atoms with Gasteiger partial charge in [-0.25, -0.2) is 0 Å². The molecule has 2 aliphatic rings. The smallest absolute Gasteiger partial charge is 0.0546 e. The van der Waals surface area contributed by atoms with Crippen LogP contribution in [0.4, 0.5) is 0 Å². The highest BCUT2D eigenvalue weighted by atomic mass is 16.3. The van der Waals surface area contributed by atoms with E-state index in [1.54, 1.807) is 0 Å². The van der Waals surface area contributed by atoms with Crippen LogP contribution in [-0.4, -0.2) is 36.2 Å². The maximum absolute atomic E-state index is 9.66. The van der Waals surface area contributed by atoms with Crippen LogP contribution in [0, 0.1) is 11.8 Å². The van der Waals surface area contributed by atoms with Crippen molar-refractivity contribution in [2.45, 2.75) is 31.8 Å². The van der Waals surface area contributed by atoms with Gasteiger partial charge in [0.2, 0.25) is 0 Å². The van der Waals surface area contributed by atoms with Crippen molar-refractivity contribution in [3.05, 3.63) is 0 Å². The van der Waals surface area contributed by atoms with Gasteiger partial charge >= 0.3 is 0 Å². The van der Waals surface area contributed by atoms with E-state index < -0.39 is 0 Å². The Morgan fingerprint density at radius 3 is 2.08 bits per heavy atom. The highest BCUT2D eigenvalue weighted by Gasteiger charge is 2.29. The average Bonchev–Trinajstić information content (AvgIpc) is 2.18. The van der Waals surface area contributed by atoms with Crippen LogP contribution in [0.25, 0.3) is 0 Å². The third-order valence-electron chi connectivity index (χ3n) is 3.33. The minimum atomic E-state index is -0.00352. The molecule has 2 rings (SSSR count). The molecule has 2 fully saturated rings. The van der Waals surface area contributed by atoms with E-state index in [2.05, 4.69) is 11.9 Å². The molecule has 1 aliphatic carbocycles. The Bertz CT molecular complexity index is 130. The molecule has 1 N–H and O–H groups in total. The lowest BCUT2D eigenvalue weighted by atomic mass is 9.97. The minimum absolute atomic E-state index is 0.00352. The molecule has 0 aromatic carbocycles. The van der Waals surface area contributed by atoms with Crippen LogP contribution in [0.5, 0.6) is 0 Å². The number of aliphatic hydroxyl groups excluding tert-OH is 1. The zero-order chi connectivity index (χ0) is 8.55. The third kappa shape index (κ3) is 1.80. The molecule has 1 saturated carbocycles. The summed E-state index contributed by atoms with van der Waals surface area (Å²) >= 11 is 0. The van der Waals surface area contributed by atoms with Gasteiger partial charge in [-0.05, 0) is 44.6 Å². The molecule has 2 heteroatoms. The molecule has 2 bridgehead atoms. The lowest BCUT2D eigenvalue weighted by Gasteiger charge is -2.27. The largest absolute Gasteiger partial charge is 0.393 e. The van der Waals surface area contributed by atoms with Crippen molar-refractivity contribution in [2.75, 3.05) is 20.1 Å². The van der Waals surface area contributed by atoms with Gasteiger partial charge in [0.25, 0.3) is 0 Å². The Hall–Kier alpha value is -0.0800. The lowest BCUT2D eigenvalue weighted by Crippen LogP contribution is -2.32. The summed E-state index contributed by atoms with van der Waals surface area (Å²) in [7, 11) is 2.21. The molecule has 2 atom stereocenters. The molecular weight excluding hydrogens is 150 g/mol. The SMILES string of the molecule is CN1CC2CCC(CC(O)C2)C1. The first-order valence-corrected chi connectivity index (χ1v) is 5.10. The molecule has 70 valence electrons. The summed E-state index contributed by atoms with van der Waals surface area (Å²) < 4.78 is 0. The summed E-state index contributed by atoms with van der Waals surface area (Å²) in [6.07, 6.45) is 4.76. The molecule has 2 nitrogen and oxygen atoms in total. The summed E-state index contributed by atoms with van der Waals surface area (Å²) in [6.45, 7) is 2.40. The molecule has 2 unspecified atom stereocenters. The topological polar surface area (TPSA) is 23.5 Å². The van der Waals surface area contributed by atoms with E-state index in [0.717, 1.165) is 24.7 Å². The van der Waals surface area contributed by atoms with Gasteiger partial charge in [0.15, 0.2) is 0 Å². The van der Waals surface area contributed by atoms with Crippen molar-refractivity contribution >= 4 is 0 Å². The second-order valence-electron chi connectivity index (χ2n) is 4.66. The standard InChI is InChI=1S/C10H19NO/c1-11-6-8-2-3-9(7-11)5-10(12)4-8/h8-10,12H,2-7H2,1H3. The Morgan fingerprint density at radius 1 is 1.08 bits per heavy atom. The normalized spacial score (nSPS) is 44.0. The number of hydrogen-bond donors (Lipinski definition) is 1. The van der Waals surface area contributed by atoms with Crippen LogP contribution in [-0.2, 0) is 0 Å². The number of aliphatic hydroxyl groups is 1. The fourth-order valence-electron chi connectivity index (χ4n) is 2.86. The molecule has 0 radical (unpaired) electrons. The highest BCUT2D eigenvalue weighted by molar-refractivity contribution is 4.82. The van der Waals surface area contributed by atoms with E-state index in [9.17, 15) is 5.11 Å². The zero-order valence-corrected chi connectivity index (χ0v) is 7.87. The van der Waals surface area contributed by atoms with Gasteiger partial charge in [-0.15, -0.1) is 0 Å². The maximum Gasteiger partial charge on any atom is 0.0546 e. The van der Waals surface area contributed by atoms with Gasteiger partial charge in [-0.2, -0.15) is 0 Å². The van der Waals surface area contributed by atoms with Gasteiger partial charge < -0.3 is 10.0 Å². The second kappa shape index (κ2) is 3.35. The summed E-state index contributed by atoms with van der Waals surface area (Å²) in [5.41, 5.74) is 0. The molecule has 0 aromatic heterocycles. The van der Waals surface area contributed by atoms with Crippen molar-refractivity contribution in [1.29, 1.82) is 0 Å². The van der Waals surface area contributed by atoms with E-state index in [1.165, 1.54) is 25.9 Å². The molecule has 1 heterocycles. The quantitative estimate of drug-likeness (QED) is 0.587. The van der Waals surface area contributed by atoms with E-state index in [-0.39, 0.29) is 6.10 Å². The lowest BCUT2D eigenvalue weighted by molar-refractivity contribution is 0.0958. The first-order valence-electron chi connectivity index (χ1n) is 5.10. The number of nitrogens with zero attached hydrogens (tertiary/aromatic N) is 1. The average molecular weight is 169 g/mol.